The highest BCUT2D eigenvalue weighted by atomic mass is 32.2. The maximum atomic E-state index is 13.0. The van der Waals surface area contributed by atoms with Crippen LogP contribution in [-0.4, -0.2) is 41.3 Å². The zero-order chi connectivity index (χ0) is 19.6. The first-order valence-electron chi connectivity index (χ1n) is 9.95. The molecule has 29 heavy (non-hydrogen) atoms. The molecule has 0 spiro atoms. The second-order valence-electron chi connectivity index (χ2n) is 7.28. The lowest BCUT2D eigenvalue weighted by atomic mass is 10.0. The van der Waals surface area contributed by atoms with E-state index >= 15 is 0 Å². The predicted octanol–water partition coefficient (Wildman–Crippen LogP) is 4.46. The lowest BCUT2D eigenvalue weighted by molar-refractivity contribution is -0.129. The van der Waals surface area contributed by atoms with Crippen LogP contribution in [0.15, 0.2) is 59.6 Å². The number of hydrogen-bond donors (Lipinski definition) is 0. The molecule has 2 aromatic carbocycles. The number of nitrogens with zero attached hydrogens (tertiary/aromatic N) is 2. The van der Waals surface area contributed by atoms with E-state index in [2.05, 4.69) is 17.1 Å². The summed E-state index contributed by atoms with van der Waals surface area (Å²) in [5.74, 6) is 2.12. The molecule has 1 atom stereocenters. The Bertz CT molecular complexity index is 1060. The molecule has 2 aliphatic rings. The van der Waals surface area contributed by atoms with E-state index in [9.17, 15) is 4.79 Å². The molecular weight excluding hydrogens is 384 g/mol. The summed E-state index contributed by atoms with van der Waals surface area (Å²) in [4.78, 5) is 19.6. The Morgan fingerprint density at radius 2 is 1.93 bits per heavy atom. The second kappa shape index (κ2) is 7.95. The quantitative estimate of drug-likeness (QED) is 0.599. The van der Waals surface area contributed by atoms with Crippen LogP contribution < -0.4 is 9.47 Å². The number of likely N-dealkylation sites (tertiary alicyclic amines) is 1. The van der Waals surface area contributed by atoms with Gasteiger partial charge in [0, 0.05) is 11.9 Å². The Kier molecular flexibility index (Phi) is 5.02. The Hall–Kier alpha value is -2.73. The molecule has 6 heteroatoms. The van der Waals surface area contributed by atoms with E-state index in [0.717, 1.165) is 52.4 Å². The second-order valence-corrected chi connectivity index (χ2v) is 8.27. The van der Waals surface area contributed by atoms with Crippen LogP contribution in [-0.2, 0) is 4.79 Å². The lowest BCUT2D eigenvalue weighted by Gasteiger charge is -2.26. The molecule has 3 aromatic rings. The van der Waals surface area contributed by atoms with Crippen molar-refractivity contribution in [3.63, 3.8) is 0 Å². The van der Waals surface area contributed by atoms with E-state index in [4.69, 9.17) is 9.47 Å². The molecule has 0 N–H and O–H groups in total. The van der Waals surface area contributed by atoms with Crippen molar-refractivity contribution in [1.82, 2.24) is 9.88 Å². The topological polar surface area (TPSA) is 51.7 Å². The van der Waals surface area contributed by atoms with Gasteiger partial charge >= 0.3 is 0 Å². The van der Waals surface area contributed by atoms with Crippen molar-refractivity contribution in [3.05, 3.63) is 60.2 Å². The van der Waals surface area contributed by atoms with Crippen LogP contribution >= 0.6 is 11.8 Å². The summed E-state index contributed by atoms with van der Waals surface area (Å²) in [7, 11) is 0. The Morgan fingerprint density at radius 3 is 2.86 bits per heavy atom. The van der Waals surface area contributed by atoms with Crippen molar-refractivity contribution >= 4 is 28.6 Å². The van der Waals surface area contributed by atoms with Gasteiger partial charge in [-0.2, -0.15) is 0 Å². The van der Waals surface area contributed by atoms with Gasteiger partial charge in [0.15, 0.2) is 11.5 Å². The number of fused-ring (bicyclic) bond motifs is 2. The monoisotopic (exact) mass is 406 g/mol. The van der Waals surface area contributed by atoms with Gasteiger partial charge in [-0.1, -0.05) is 42.1 Å². The van der Waals surface area contributed by atoms with Crippen LogP contribution in [0.3, 0.4) is 0 Å². The van der Waals surface area contributed by atoms with E-state index in [0.29, 0.717) is 19.0 Å². The maximum absolute atomic E-state index is 13.0. The smallest absolute Gasteiger partial charge is 0.233 e. The highest BCUT2D eigenvalue weighted by Gasteiger charge is 2.30. The van der Waals surface area contributed by atoms with Gasteiger partial charge in [0.1, 0.15) is 13.2 Å². The van der Waals surface area contributed by atoms with Crippen molar-refractivity contribution in [3.8, 4) is 11.5 Å². The number of carbonyl (C=O) groups is 1. The third kappa shape index (κ3) is 3.77. The molecule has 0 bridgehead atoms. The highest BCUT2D eigenvalue weighted by Crippen LogP contribution is 2.38. The molecule has 5 rings (SSSR count). The largest absolute Gasteiger partial charge is 0.486 e. The van der Waals surface area contributed by atoms with Gasteiger partial charge < -0.3 is 14.4 Å². The summed E-state index contributed by atoms with van der Waals surface area (Å²) in [6.07, 6.45) is 1.99. The average Bonchev–Trinajstić information content (AvgIpc) is 3.27. The van der Waals surface area contributed by atoms with Crippen LogP contribution in [0.2, 0.25) is 0 Å². The predicted molar refractivity (Wildman–Crippen MR) is 114 cm³/mol. The van der Waals surface area contributed by atoms with Gasteiger partial charge in [0.2, 0.25) is 5.91 Å². The fourth-order valence-electron chi connectivity index (χ4n) is 4.03. The summed E-state index contributed by atoms with van der Waals surface area (Å²) < 4.78 is 11.3. The van der Waals surface area contributed by atoms with E-state index in [1.165, 1.54) is 11.8 Å². The zero-order valence-corrected chi connectivity index (χ0v) is 16.9. The Labute approximate surface area is 174 Å². The van der Waals surface area contributed by atoms with E-state index < -0.39 is 0 Å². The number of para-hydroxylation sites is 1. The number of hydrogen-bond acceptors (Lipinski definition) is 5. The van der Waals surface area contributed by atoms with E-state index in [-0.39, 0.29) is 11.9 Å². The van der Waals surface area contributed by atoms with Crippen molar-refractivity contribution in [2.75, 3.05) is 25.5 Å². The summed E-state index contributed by atoms with van der Waals surface area (Å²) in [6, 6.07) is 18.2. The SMILES string of the molecule is O=C(CSc1ccc2ccccc2n1)N1CCCC1c1ccc2c(c1)OCCO2. The minimum atomic E-state index is 0.100. The molecule has 1 aromatic heterocycles. The van der Waals surface area contributed by atoms with Crippen molar-refractivity contribution in [2.45, 2.75) is 23.9 Å². The molecule has 0 aliphatic carbocycles. The van der Waals surface area contributed by atoms with Crippen LogP contribution in [0, 0.1) is 0 Å². The van der Waals surface area contributed by atoms with Crippen LogP contribution in [0.25, 0.3) is 10.9 Å². The molecule has 3 heterocycles. The van der Waals surface area contributed by atoms with Crippen LogP contribution in [0.4, 0.5) is 0 Å². The zero-order valence-electron chi connectivity index (χ0n) is 16.0. The van der Waals surface area contributed by atoms with Crippen molar-refractivity contribution in [1.29, 1.82) is 0 Å². The van der Waals surface area contributed by atoms with Crippen molar-refractivity contribution < 1.29 is 14.3 Å². The first-order chi connectivity index (χ1) is 14.3. The number of thioether (sulfide) groups is 1. The van der Waals surface area contributed by atoms with Crippen molar-refractivity contribution in [2.24, 2.45) is 0 Å². The average molecular weight is 407 g/mol. The fraction of sp³-hybridized carbons (Fsp3) is 0.304. The van der Waals surface area contributed by atoms with Crippen LogP contribution in [0.1, 0.15) is 24.4 Å². The molecule has 1 amide bonds. The van der Waals surface area contributed by atoms with Gasteiger partial charge in [-0.05, 0) is 42.7 Å². The molecule has 1 fully saturated rings. The Morgan fingerprint density at radius 1 is 1.07 bits per heavy atom. The minimum Gasteiger partial charge on any atom is -0.486 e. The summed E-state index contributed by atoms with van der Waals surface area (Å²) in [5.41, 5.74) is 2.08. The van der Waals surface area contributed by atoms with Gasteiger partial charge in [-0.15, -0.1) is 0 Å². The highest BCUT2D eigenvalue weighted by molar-refractivity contribution is 7.99. The molecule has 5 nitrogen and oxygen atoms in total. The summed E-state index contributed by atoms with van der Waals surface area (Å²) in [6.45, 7) is 1.95. The van der Waals surface area contributed by atoms with E-state index in [1.54, 1.807) is 0 Å². The van der Waals surface area contributed by atoms with Gasteiger partial charge in [0.25, 0.3) is 0 Å². The first-order valence-corrected chi connectivity index (χ1v) is 10.9. The number of pyridine rings is 1. The number of ether oxygens (including phenoxy) is 2. The molecular formula is C23H22N2O3S. The number of amides is 1. The van der Waals surface area contributed by atoms with Gasteiger partial charge in [-0.3, -0.25) is 4.79 Å². The van der Waals surface area contributed by atoms with Gasteiger partial charge in [-0.25, -0.2) is 4.98 Å². The number of aromatic nitrogens is 1. The molecule has 0 radical (unpaired) electrons. The lowest BCUT2D eigenvalue weighted by Crippen LogP contribution is -2.32. The molecule has 1 unspecified atom stereocenters. The maximum Gasteiger partial charge on any atom is 0.233 e. The standard InChI is InChI=1S/C23H22N2O3S/c26-23(15-29-22-10-8-16-4-1-2-5-18(16)24-22)25-11-3-6-19(25)17-7-9-20-21(14-17)28-13-12-27-20/h1-2,4-5,7-10,14,19H,3,6,11-13,15H2. The van der Waals surface area contributed by atoms with Crippen LogP contribution in [0.5, 0.6) is 11.5 Å². The van der Waals surface area contributed by atoms with E-state index in [1.807, 2.05) is 47.4 Å². The van der Waals surface area contributed by atoms with Gasteiger partial charge in [0.05, 0.1) is 22.3 Å². The molecule has 2 aliphatic heterocycles. The Balaban J connectivity index is 1.28. The normalized spacial score (nSPS) is 18.2. The third-order valence-corrected chi connectivity index (χ3v) is 6.35. The molecule has 148 valence electrons. The fourth-order valence-corrected chi connectivity index (χ4v) is 4.79. The third-order valence-electron chi connectivity index (χ3n) is 5.44. The molecule has 0 saturated carbocycles. The minimum absolute atomic E-state index is 0.100. The number of benzene rings is 2. The number of carbonyl (C=O) groups excluding carboxylic acids is 1. The molecule has 1 saturated heterocycles. The summed E-state index contributed by atoms with van der Waals surface area (Å²) >= 11 is 1.50. The first kappa shape index (κ1) is 18.3. The number of rotatable bonds is 4. The summed E-state index contributed by atoms with van der Waals surface area (Å²) in [5, 5.41) is 1.99.